The van der Waals surface area contributed by atoms with Gasteiger partial charge in [0.2, 0.25) is 0 Å². The molecule has 100 valence electrons. The molecule has 2 nitrogen and oxygen atoms in total. The first kappa shape index (κ1) is 14.0. The summed E-state index contributed by atoms with van der Waals surface area (Å²) in [4.78, 5) is 4.85. The summed E-state index contributed by atoms with van der Waals surface area (Å²) < 4.78 is 14.0. The maximum absolute atomic E-state index is 14.0. The zero-order chi connectivity index (χ0) is 13.7. The Bertz CT molecular complexity index is 531. The van der Waals surface area contributed by atoms with E-state index in [0.29, 0.717) is 11.3 Å². The van der Waals surface area contributed by atoms with Gasteiger partial charge in [-0.05, 0) is 36.6 Å². The zero-order valence-electron chi connectivity index (χ0n) is 10.8. The summed E-state index contributed by atoms with van der Waals surface area (Å²) in [6.07, 6.45) is 3.27. The molecule has 0 bridgehead atoms. The van der Waals surface area contributed by atoms with Crippen LogP contribution in [-0.2, 0) is 6.42 Å². The number of aromatic nitrogens is 1. The van der Waals surface area contributed by atoms with Crippen LogP contribution < -0.4 is 5.73 Å². The first-order valence-corrected chi connectivity index (χ1v) is 7.14. The van der Waals surface area contributed by atoms with Crippen LogP contribution in [0.5, 0.6) is 0 Å². The van der Waals surface area contributed by atoms with Gasteiger partial charge >= 0.3 is 0 Å². The number of hydrogen-bond donors (Lipinski definition) is 1. The summed E-state index contributed by atoms with van der Waals surface area (Å²) in [6, 6.07) is 10.8. The quantitative estimate of drug-likeness (QED) is 0.906. The molecule has 0 aliphatic heterocycles. The van der Waals surface area contributed by atoms with Gasteiger partial charge in [0.1, 0.15) is 10.8 Å². The van der Waals surface area contributed by atoms with Crippen molar-refractivity contribution >= 4 is 11.8 Å². The molecule has 1 aromatic heterocycles. The number of halogens is 1. The molecule has 0 aliphatic carbocycles. The van der Waals surface area contributed by atoms with Gasteiger partial charge < -0.3 is 5.73 Å². The lowest BCUT2D eigenvalue weighted by Crippen LogP contribution is -2.21. The first-order valence-electron chi connectivity index (χ1n) is 6.32. The minimum Gasteiger partial charge on any atom is -0.327 e. The molecule has 0 amide bonds. The highest BCUT2D eigenvalue weighted by Gasteiger charge is 2.12. The monoisotopic (exact) mass is 276 g/mol. The summed E-state index contributed by atoms with van der Waals surface area (Å²) in [7, 11) is 0. The maximum atomic E-state index is 14.0. The first-order chi connectivity index (χ1) is 9.20. The number of benzene rings is 1. The fraction of sp³-hybridized carbons (Fsp3) is 0.267. The van der Waals surface area contributed by atoms with Crippen molar-refractivity contribution in [2.75, 3.05) is 0 Å². The summed E-state index contributed by atoms with van der Waals surface area (Å²) in [5.41, 5.74) is 6.92. The van der Waals surface area contributed by atoms with E-state index >= 15 is 0 Å². The molecule has 0 spiro atoms. The van der Waals surface area contributed by atoms with Crippen molar-refractivity contribution in [1.29, 1.82) is 0 Å². The van der Waals surface area contributed by atoms with Crippen LogP contribution in [0.25, 0.3) is 0 Å². The van der Waals surface area contributed by atoms with E-state index < -0.39 is 0 Å². The van der Waals surface area contributed by atoms with E-state index in [1.807, 2.05) is 31.2 Å². The van der Waals surface area contributed by atoms with Crippen molar-refractivity contribution in [3.8, 4) is 0 Å². The van der Waals surface area contributed by atoms with Gasteiger partial charge in [-0.15, -0.1) is 0 Å². The summed E-state index contributed by atoms with van der Waals surface area (Å²) in [6.45, 7) is 2.04. The van der Waals surface area contributed by atoms with Gasteiger partial charge in [0.05, 0.1) is 4.90 Å². The predicted octanol–water partition coefficient (Wildman–Crippen LogP) is 3.65. The molecule has 0 radical (unpaired) electrons. The van der Waals surface area contributed by atoms with E-state index in [4.69, 9.17) is 5.73 Å². The zero-order valence-corrected chi connectivity index (χ0v) is 11.7. The molecule has 2 rings (SSSR count). The normalized spacial score (nSPS) is 12.4. The van der Waals surface area contributed by atoms with Gasteiger partial charge in [-0.3, -0.25) is 0 Å². The molecule has 2 aromatic rings. The van der Waals surface area contributed by atoms with Crippen LogP contribution in [0.4, 0.5) is 4.39 Å². The fourth-order valence-corrected chi connectivity index (χ4v) is 2.68. The average Bonchev–Trinajstić information content (AvgIpc) is 2.43. The SMILES string of the molecule is CCC(N)Cc1cccc(F)c1Sc1ccccn1. The van der Waals surface area contributed by atoms with E-state index in [0.717, 1.165) is 17.0 Å². The summed E-state index contributed by atoms with van der Waals surface area (Å²) in [5.74, 6) is -0.212. The molecule has 0 saturated carbocycles. The predicted molar refractivity (Wildman–Crippen MR) is 76.7 cm³/mol. The molecule has 2 N–H and O–H groups in total. The van der Waals surface area contributed by atoms with Crippen LogP contribution >= 0.6 is 11.8 Å². The summed E-state index contributed by atoms with van der Waals surface area (Å²) in [5, 5.41) is 0.791. The van der Waals surface area contributed by atoms with Gasteiger partial charge in [-0.25, -0.2) is 9.37 Å². The van der Waals surface area contributed by atoms with Crippen LogP contribution in [-0.4, -0.2) is 11.0 Å². The number of nitrogens with two attached hydrogens (primary N) is 1. The summed E-state index contributed by atoms with van der Waals surface area (Å²) >= 11 is 1.35. The number of pyridine rings is 1. The second kappa shape index (κ2) is 6.68. The van der Waals surface area contributed by atoms with E-state index in [1.54, 1.807) is 12.3 Å². The Hall–Kier alpha value is -1.39. The Labute approximate surface area is 117 Å². The van der Waals surface area contributed by atoms with Crippen LogP contribution in [0.15, 0.2) is 52.5 Å². The molecule has 0 fully saturated rings. The third-order valence-corrected chi connectivity index (χ3v) is 4.01. The Morgan fingerprint density at radius 1 is 1.26 bits per heavy atom. The average molecular weight is 276 g/mol. The van der Waals surface area contributed by atoms with Crippen LogP contribution in [0.3, 0.4) is 0 Å². The molecule has 0 aliphatic rings. The van der Waals surface area contributed by atoms with Crippen molar-refractivity contribution in [3.63, 3.8) is 0 Å². The third kappa shape index (κ3) is 3.78. The van der Waals surface area contributed by atoms with Gasteiger partial charge in [0, 0.05) is 12.2 Å². The molecule has 19 heavy (non-hydrogen) atoms. The van der Waals surface area contributed by atoms with Gasteiger partial charge in [-0.1, -0.05) is 36.9 Å². The van der Waals surface area contributed by atoms with Crippen LogP contribution in [0.1, 0.15) is 18.9 Å². The van der Waals surface area contributed by atoms with Crippen molar-refractivity contribution in [1.82, 2.24) is 4.98 Å². The molecule has 1 aromatic carbocycles. The van der Waals surface area contributed by atoms with E-state index in [2.05, 4.69) is 4.98 Å². The Morgan fingerprint density at radius 2 is 2.11 bits per heavy atom. The highest BCUT2D eigenvalue weighted by Crippen LogP contribution is 2.32. The van der Waals surface area contributed by atoms with E-state index in [1.165, 1.54) is 17.8 Å². The van der Waals surface area contributed by atoms with Gasteiger partial charge in [0.25, 0.3) is 0 Å². The van der Waals surface area contributed by atoms with Gasteiger partial charge in [0.15, 0.2) is 0 Å². The lowest BCUT2D eigenvalue weighted by molar-refractivity contribution is 0.585. The molecular formula is C15H17FN2S. The highest BCUT2D eigenvalue weighted by atomic mass is 32.2. The molecule has 1 unspecified atom stereocenters. The lowest BCUT2D eigenvalue weighted by Gasteiger charge is -2.13. The molecule has 1 atom stereocenters. The Morgan fingerprint density at radius 3 is 2.79 bits per heavy atom. The minimum absolute atomic E-state index is 0.0601. The standard InChI is InChI=1S/C15H17FN2S/c1-2-12(17)10-11-6-5-7-13(16)15(11)19-14-8-3-4-9-18-14/h3-9,12H,2,10,17H2,1H3. The maximum Gasteiger partial charge on any atom is 0.137 e. The molecule has 4 heteroatoms. The van der Waals surface area contributed by atoms with E-state index in [-0.39, 0.29) is 11.9 Å². The Kier molecular flexibility index (Phi) is 4.93. The lowest BCUT2D eigenvalue weighted by atomic mass is 10.0. The molecule has 0 saturated heterocycles. The van der Waals surface area contributed by atoms with Crippen molar-refractivity contribution in [2.45, 2.75) is 35.7 Å². The van der Waals surface area contributed by atoms with Crippen LogP contribution in [0.2, 0.25) is 0 Å². The second-order valence-corrected chi connectivity index (χ2v) is 5.40. The Balaban J connectivity index is 2.27. The third-order valence-electron chi connectivity index (χ3n) is 2.90. The smallest absolute Gasteiger partial charge is 0.137 e. The van der Waals surface area contributed by atoms with Crippen molar-refractivity contribution in [2.24, 2.45) is 5.73 Å². The number of hydrogen-bond acceptors (Lipinski definition) is 3. The van der Waals surface area contributed by atoms with Gasteiger partial charge in [-0.2, -0.15) is 0 Å². The fourth-order valence-electron chi connectivity index (χ4n) is 1.77. The largest absolute Gasteiger partial charge is 0.327 e. The van der Waals surface area contributed by atoms with Crippen molar-refractivity contribution in [3.05, 3.63) is 54.0 Å². The molecular weight excluding hydrogens is 259 g/mol. The second-order valence-electron chi connectivity index (χ2n) is 4.37. The van der Waals surface area contributed by atoms with Crippen molar-refractivity contribution < 1.29 is 4.39 Å². The molecule has 1 heterocycles. The number of nitrogens with zero attached hydrogens (tertiary/aromatic N) is 1. The number of rotatable bonds is 5. The van der Waals surface area contributed by atoms with E-state index in [9.17, 15) is 4.39 Å². The van der Waals surface area contributed by atoms with Crippen LogP contribution in [0, 0.1) is 5.82 Å². The topological polar surface area (TPSA) is 38.9 Å². The minimum atomic E-state index is -0.212. The highest BCUT2D eigenvalue weighted by molar-refractivity contribution is 7.99.